The van der Waals surface area contributed by atoms with E-state index in [0.29, 0.717) is 11.3 Å². The van der Waals surface area contributed by atoms with E-state index in [2.05, 4.69) is 4.74 Å². The molecular weight excluding hydrogens is 256 g/mol. The number of esters is 1. The van der Waals surface area contributed by atoms with Crippen molar-refractivity contribution in [3.8, 4) is 17.2 Å². The van der Waals surface area contributed by atoms with Crippen molar-refractivity contribution >= 4 is 11.8 Å². The zero-order valence-corrected chi connectivity index (χ0v) is 11.1. The van der Waals surface area contributed by atoms with Crippen LogP contribution in [0.1, 0.15) is 16.2 Å². The molecule has 0 bridgehead atoms. The second-order valence-electron chi connectivity index (χ2n) is 4.15. The largest absolute Gasteiger partial charge is 0.463 e. The fourth-order valence-corrected chi connectivity index (χ4v) is 2.01. The number of benzene rings is 1. The number of ether oxygens (including phenoxy) is 1. The highest BCUT2D eigenvalue weighted by atomic mass is 16.5. The van der Waals surface area contributed by atoms with Gasteiger partial charge in [-0.3, -0.25) is 4.79 Å². The second kappa shape index (κ2) is 5.41. The maximum atomic E-state index is 12.1. The average Bonchev–Trinajstić information content (AvgIpc) is 2.83. The topological polar surface area (TPSA) is 72.1 Å². The zero-order chi connectivity index (χ0) is 14.7. The smallest absolute Gasteiger partial charge is 0.381 e. The summed E-state index contributed by atoms with van der Waals surface area (Å²) in [4.78, 5) is 23.6. The molecule has 5 heteroatoms. The van der Waals surface area contributed by atoms with Crippen LogP contribution in [0.25, 0.3) is 11.1 Å². The van der Waals surface area contributed by atoms with E-state index in [1.54, 1.807) is 13.1 Å². The molecule has 2 aromatic rings. The van der Waals surface area contributed by atoms with Gasteiger partial charge in [-0.25, -0.2) is 4.79 Å². The standard InChI is InChI=1S/C15H12N2O3/c1-17-11(9-16)8-12(10-6-4-3-5-7-10)13(17)14(18)15(19)20-2/h3-8H,1-2H3. The normalized spacial score (nSPS) is 9.85. The van der Waals surface area contributed by atoms with Gasteiger partial charge in [-0.15, -0.1) is 0 Å². The Morgan fingerprint density at radius 3 is 2.45 bits per heavy atom. The highest BCUT2D eigenvalue weighted by Crippen LogP contribution is 2.27. The van der Waals surface area contributed by atoms with Crippen LogP contribution in [0.3, 0.4) is 0 Å². The predicted octanol–water partition coefficient (Wildman–Crippen LogP) is 1.92. The number of carbonyl (C=O) groups is 2. The SMILES string of the molecule is COC(=O)C(=O)c1c(-c2ccccc2)cc(C#N)n1C. The van der Waals surface area contributed by atoms with Crippen LogP contribution in [-0.2, 0) is 16.6 Å². The molecule has 0 N–H and O–H groups in total. The molecule has 1 aromatic heterocycles. The number of nitriles is 1. The number of ketones is 1. The summed E-state index contributed by atoms with van der Waals surface area (Å²) in [6.45, 7) is 0. The van der Waals surface area contributed by atoms with Crippen molar-refractivity contribution in [2.45, 2.75) is 0 Å². The minimum atomic E-state index is -0.951. The summed E-state index contributed by atoms with van der Waals surface area (Å²) in [5, 5.41) is 9.08. The number of methoxy groups -OCH3 is 1. The molecule has 0 spiro atoms. The van der Waals surface area contributed by atoms with Gasteiger partial charge in [0.05, 0.1) is 7.11 Å². The third-order valence-electron chi connectivity index (χ3n) is 3.02. The Labute approximate surface area is 116 Å². The molecule has 100 valence electrons. The van der Waals surface area contributed by atoms with E-state index in [-0.39, 0.29) is 5.69 Å². The minimum Gasteiger partial charge on any atom is -0.463 e. The number of carbonyl (C=O) groups excluding carboxylic acids is 2. The molecule has 2 rings (SSSR count). The van der Waals surface area contributed by atoms with Gasteiger partial charge in [-0.1, -0.05) is 30.3 Å². The number of Topliss-reactive ketones (excluding diaryl/α,β-unsaturated/α-hetero) is 1. The summed E-state index contributed by atoms with van der Waals surface area (Å²) in [7, 11) is 2.72. The van der Waals surface area contributed by atoms with E-state index < -0.39 is 11.8 Å². The molecule has 0 aliphatic heterocycles. The fraction of sp³-hybridized carbons (Fsp3) is 0.133. The van der Waals surface area contributed by atoms with Gasteiger partial charge >= 0.3 is 5.97 Å². The van der Waals surface area contributed by atoms with E-state index >= 15 is 0 Å². The van der Waals surface area contributed by atoms with Crippen LogP contribution in [0.5, 0.6) is 0 Å². The maximum absolute atomic E-state index is 12.1. The fourth-order valence-electron chi connectivity index (χ4n) is 2.01. The molecule has 20 heavy (non-hydrogen) atoms. The molecule has 0 aliphatic carbocycles. The lowest BCUT2D eigenvalue weighted by Gasteiger charge is -2.06. The molecule has 0 fully saturated rings. The third-order valence-corrected chi connectivity index (χ3v) is 3.02. The lowest BCUT2D eigenvalue weighted by Crippen LogP contribution is -2.19. The number of nitrogens with zero attached hydrogens (tertiary/aromatic N) is 2. The van der Waals surface area contributed by atoms with Crippen LogP contribution in [0.15, 0.2) is 36.4 Å². The lowest BCUT2D eigenvalue weighted by atomic mass is 10.0. The Balaban J connectivity index is 2.67. The van der Waals surface area contributed by atoms with Crippen LogP contribution < -0.4 is 0 Å². The van der Waals surface area contributed by atoms with Gasteiger partial charge in [0.15, 0.2) is 0 Å². The second-order valence-corrected chi connectivity index (χ2v) is 4.15. The van der Waals surface area contributed by atoms with Crippen LogP contribution in [0.4, 0.5) is 0 Å². The Bertz CT molecular complexity index is 709. The van der Waals surface area contributed by atoms with Crippen molar-refractivity contribution in [1.82, 2.24) is 4.57 Å². The quantitative estimate of drug-likeness (QED) is 0.484. The first kappa shape index (κ1) is 13.6. The molecule has 0 atom stereocenters. The van der Waals surface area contributed by atoms with Gasteiger partial charge in [-0.2, -0.15) is 5.26 Å². The van der Waals surface area contributed by atoms with E-state index in [1.165, 1.54) is 4.57 Å². The minimum absolute atomic E-state index is 0.152. The van der Waals surface area contributed by atoms with Crippen molar-refractivity contribution in [3.05, 3.63) is 47.8 Å². The van der Waals surface area contributed by atoms with Crippen LogP contribution in [0.2, 0.25) is 0 Å². The van der Waals surface area contributed by atoms with E-state index in [9.17, 15) is 9.59 Å². The van der Waals surface area contributed by atoms with Gasteiger partial charge in [-0.05, 0) is 11.6 Å². The summed E-state index contributed by atoms with van der Waals surface area (Å²) in [6.07, 6.45) is 0. The highest BCUT2D eigenvalue weighted by molar-refractivity contribution is 6.41. The van der Waals surface area contributed by atoms with Gasteiger partial charge in [0.1, 0.15) is 17.5 Å². The molecule has 1 heterocycles. The monoisotopic (exact) mass is 268 g/mol. The first-order valence-electron chi connectivity index (χ1n) is 5.88. The predicted molar refractivity (Wildman–Crippen MR) is 71.9 cm³/mol. The van der Waals surface area contributed by atoms with Gasteiger partial charge in [0.2, 0.25) is 0 Å². The molecule has 1 aromatic carbocycles. The van der Waals surface area contributed by atoms with Gasteiger partial charge < -0.3 is 9.30 Å². The van der Waals surface area contributed by atoms with Crippen molar-refractivity contribution in [1.29, 1.82) is 5.26 Å². The molecule has 0 unspecified atom stereocenters. The molecule has 0 saturated carbocycles. The van der Waals surface area contributed by atoms with Gasteiger partial charge in [0.25, 0.3) is 5.78 Å². The molecule has 0 aliphatic rings. The third kappa shape index (κ3) is 2.19. The Kier molecular flexibility index (Phi) is 3.67. The van der Waals surface area contributed by atoms with E-state index in [4.69, 9.17) is 5.26 Å². The lowest BCUT2D eigenvalue weighted by molar-refractivity contribution is -0.135. The molecule has 0 radical (unpaired) electrons. The first-order chi connectivity index (χ1) is 9.60. The maximum Gasteiger partial charge on any atom is 0.381 e. The van der Waals surface area contributed by atoms with Crippen LogP contribution >= 0.6 is 0 Å². The summed E-state index contributed by atoms with van der Waals surface area (Å²) in [6, 6.07) is 12.7. The van der Waals surface area contributed by atoms with Crippen molar-refractivity contribution in [2.75, 3.05) is 7.11 Å². The van der Waals surface area contributed by atoms with Crippen LogP contribution in [-0.4, -0.2) is 23.4 Å². The number of rotatable bonds is 3. The molecule has 5 nitrogen and oxygen atoms in total. The summed E-state index contributed by atoms with van der Waals surface area (Å²) >= 11 is 0. The highest BCUT2D eigenvalue weighted by Gasteiger charge is 2.26. The molecule has 0 amide bonds. The number of hydrogen-bond acceptors (Lipinski definition) is 4. The Morgan fingerprint density at radius 2 is 1.90 bits per heavy atom. The molecule has 0 saturated heterocycles. The number of aromatic nitrogens is 1. The number of hydrogen-bond donors (Lipinski definition) is 0. The Morgan fingerprint density at radius 1 is 1.25 bits per heavy atom. The van der Waals surface area contributed by atoms with Crippen molar-refractivity contribution in [3.63, 3.8) is 0 Å². The average molecular weight is 268 g/mol. The van der Waals surface area contributed by atoms with Gasteiger partial charge in [0, 0.05) is 12.6 Å². The van der Waals surface area contributed by atoms with Crippen LogP contribution in [0, 0.1) is 11.3 Å². The van der Waals surface area contributed by atoms with E-state index in [0.717, 1.165) is 12.7 Å². The zero-order valence-electron chi connectivity index (χ0n) is 11.1. The van der Waals surface area contributed by atoms with Crippen molar-refractivity contribution < 1.29 is 14.3 Å². The summed E-state index contributed by atoms with van der Waals surface area (Å²) < 4.78 is 5.87. The molecular formula is C15H12N2O3. The van der Waals surface area contributed by atoms with E-state index in [1.807, 2.05) is 36.4 Å². The summed E-state index contributed by atoms with van der Waals surface area (Å²) in [5.41, 5.74) is 1.76. The first-order valence-corrected chi connectivity index (χ1v) is 5.88. The Hall–Kier alpha value is -2.87. The summed E-state index contributed by atoms with van der Waals surface area (Å²) in [5.74, 6) is -1.72. The van der Waals surface area contributed by atoms with Crippen molar-refractivity contribution in [2.24, 2.45) is 7.05 Å².